The van der Waals surface area contributed by atoms with Gasteiger partial charge in [-0.1, -0.05) is 135 Å². The molecule has 8 rings (SSSR count). The van der Waals surface area contributed by atoms with Crippen molar-refractivity contribution in [2.45, 2.75) is 160 Å². The van der Waals surface area contributed by atoms with Gasteiger partial charge in [-0.3, -0.25) is 14.4 Å². The fraction of sp³-hybridized carbons (Fsp3) is 0.443. The van der Waals surface area contributed by atoms with Gasteiger partial charge in [0.05, 0.1) is 24.2 Å². The van der Waals surface area contributed by atoms with E-state index in [-0.39, 0.29) is 47.8 Å². The third-order valence-electron chi connectivity index (χ3n) is 14.1. The number of carboxylic acid groups (broad SMARTS) is 2. The van der Waals surface area contributed by atoms with Crippen LogP contribution in [-0.4, -0.2) is 74.5 Å². The Morgan fingerprint density at radius 1 is 0.662 bits per heavy atom. The van der Waals surface area contributed by atoms with Crippen molar-refractivity contribution in [2.24, 2.45) is 17.6 Å². The molecule has 2 saturated heterocycles. The Hall–Kier alpha value is -6.91. The minimum atomic E-state index is -5.08. The fourth-order valence-corrected chi connectivity index (χ4v) is 10.2. The van der Waals surface area contributed by atoms with E-state index in [1.807, 2.05) is 73.4 Å². The predicted molar refractivity (Wildman–Crippen MR) is 289 cm³/mol. The maximum atomic E-state index is 13.2. The van der Waals surface area contributed by atoms with E-state index in [2.05, 4.69) is 71.3 Å². The summed E-state index contributed by atoms with van der Waals surface area (Å²) >= 11 is 0. The van der Waals surface area contributed by atoms with Gasteiger partial charge in [0.25, 0.3) is 0 Å². The van der Waals surface area contributed by atoms with Crippen LogP contribution in [0.15, 0.2) is 133 Å². The normalized spacial score (nSPS) is 19.2. The number of nitrogens with two attached hydrogens (primary N) is 1. The number of carboxylic acids is 2. The Morgan fingerprint density at radius 3 is 1.51 bits per heavy atom. The molecule has 4 heterocycles. The fourth-order valence-electron chi connectivity index (χ4n) is 10.2. The van der Waals surface area contributed by atoms with Crippen LogP contribution in [0.4, 0.5) is 18.0 Å². The highest BCUT2D eigenvalue weighted by atomic mass is 19.4. The number of alkyl halides is 3. The van der Waals surface area contributed by atoms with Gasteiger partial charge in [0.1, 0.15) is 11.4 Å². The van der Waals surface area contributed by atoms with Crippen molar-refractivity contribution in [2.75, 3.05) is 0 Å². The molecule has 2 amide bonds. The summed E-state index contributed by atoms with van der Waals surface area (Å²) in [4.78, 5) is 72.1. The van der Waals surface area contributed by atoms with E-state index < -0.39 is 41.9 Å². The number of ether oxygens (including phenoxy) is 1. The van der Waals surface area contributed by atoms with Crippen LogP contribution in [0.1, 0.15) is 156 Å². The van der Waals surface area contributed by atoms with Crippen molar-refractivity contribution < 1.29 is 56.9 Å². The largest absolute Gasteiger partial charge is 0.490 e. The van der Waals surface area contributed by atoms with Gasteiger partial charge in [-0.05, 0) is 136 Å². The van der Waals surface area contributed by atoms with E-state index in [0.29, 0.717) is 37.8 Å². The maximum Gasteiger partial charge on any atom is 0.490 e. The van der Waals surface area contributed by atoms with Crippen LogP contribution >= 0.6 is 0 Å². The molecule has 0 aliphatic carbocycles. The Bertz CT molecular complexity index is 2590. The Kier molecular flexibility index (Phi) is 23.0. The second-order valence-corrected chi connectivity index (χ2v) is 20.9. The lowest BCUT2D eigenvalue weighted by Gasteiger charge is -2.23. The monoisotopic (exact) mass is 1060 g/mol. The lowest BCUT2D eigenvalue weighted by atomic mass is 9.91. The highest BCUT2D eigenvalue weighted by molar-refractivity contribution is 5.90. The summed E-state index contributed by atoms with van der Waals surface area (Å²) < 4.78 is 37.0. The van der Waals surface area contributed by atoms with E-state index in [4.69, 9.17) is 25.5 Å². The van der Waals surface area contributed by atoms with Crippen LogP contribution in [0, 0.1) is 11.8 Å². The second kappa shape index (κ2) is 29.0. The molecular formula is C61H75F3N4O9. The topological polar surface area (TPSA) is 205 Å². The minimum absolute atomic E-state index is 0.0110. The van der Waals surface area contributed by atoms with Gasteiger partial charge in [0.2, 0.25) is 5.91 Å². The zero-order valence-corrected chi connectivity index (χ0v) is 44.7. The van der Waals surface area contributed by atoms with Crippen molar-refractivity contribution in [3.05, 3.63) is 167 Å². The number of Topliss-reactive ketones (excluding diaryl/α,β-unsaturated/α-hetero) is 2. The molecule has 0 aromatic heterocycles. The molecule has 2 fully saturated rings. The Labute approximate surface area is 450 Å². The van der Waals surface area contributed by atoms with Crippen molar-refractivity contribution in [1.29, 1.82) is 0 Å². The number of alkyl carbamates (subject to hydrolysis) is 1. The third kappa shape index (κ3) is 19.0. The quantitative estimate of drug-likeness (QED) is 0.0559. The number of nitrogens with one attached hydrogen (secondary N) is 2. The van der Waals surface area contributed by atoms with Gasteiger partial charge >= 0.3 is 24.2 Å². The van der Waals surface area contributed by atoms with Crippen LogP contribution in [0.2, 0.25) is 0 Å². The molecule has 6 N–H and O–H groups in total. The second-order valence-electron chi connectivity index (χ2n) is 20.9. The van der Waals surface area contributed by atoms with Crippen molar-refractivity contribution >= 4 is 35.5 Å². The molecule has 4 aromatic rings. The number of rotatable bonds is 19. The highest BCUT2D eigenvalue weighted by Gasteiger charge is 2.45. The zero-order valence-electron chi connectivity index (χ0n) is 44.7. The first-order chi connectivity index (χ1) is 36.6. The van der Waals surface area contributed by atoms with E-state index in [1.165, 1.54) is 29.5 Å². The zero-order chi connectivity index (χ0) is 56.3. The van der Waals surface area contributed by atoms with Crippen LogP contribution in [0.3, 0.4) is 0 Å². The number of benzene rings is 4. The van der Waals surface area contributed by atoms with Gasteiger partial charge in [0, 0.05) is 31.0 Å². The number of fused-ring (bicyclic) bond motifs is 10. The van der Waals surface area contributed by atoms with E-state index in [1.54, 1.807) is 44.1 Å². The Balaban J connectivity index is 0.000000215. The van der Waals surface area contributed by atoms with Crippen LogP contribution in [0.25, 0.3) is 0 Å². The molecule has 4 aliphatic rings. The van der Waals surface area contributed by atoms with Gasteiger partial charge < -0.3 is 36.2 Å². The maximum absolute atomic E-state index is 13.2. The highest BCUT2D eigenvalue weighted by Crippen LogP contribution is 2.53. The van der Waals surface area contributed by atoms with E-state index >= 15 is 0 Å². The number of carbonyl (C=O) groups excluding carboxylic acids is 4. The van der Waals surface area contributed by atoms with E-state index in [0.717, 1.165) is 43.7 Å². The van der Waals surface area contributed by atoms with Gasteiger partial charge in [-0.25, -0.2) is 14.4 Å². The van der Waals surface area contributed by atoms with Crippen LogP contribution in [-0.2, 0) is 41.6 Å². The number of hydrogen-bond acceptors (Lipinski definition) is 9. The molecule has 16 heteroatoms. The number of aryl methyl sites for hydroxylation is 2. The standard InChI is InChI=1S/C27H32N2O2.C22H31NO5.C10H11N.C2HF3O2/c1-2-23(28)26(30)18-20(13-12-19-8-4-3-5-9-19)14-17-27(31)29-24-15-16-25(29)22-11-7-6-10-21(22)24;1-5-18(23-21(27)28-22(2,3)4)19(24)15-17(13-14-20(25)26)12-11-16-9-7-6-8-10-16;1-2-4-8-7(3-1)9-5-6-10(8)11-9;3-2(4,5)1(6)7/h3-11,14,17,20,23-25H,2,12-13,15-16,18,28H2,1H3;6-10,13-14,17-18H,5,11-12,15H2,1-4H3,(H,23,27)(H,25,26);1-4,9-11H,5-6H2;(H,6,7)/b17-14+;14-13+;;/t20-,23-,24-,25+;17-,18-;9-,10+;/m00../s1. The summed E-state index contributed by atoms with van der Waals surface area (Å²) in [6, 6.07) is 37.9. The molecule has 0 spiro atoms. The molecule has 77 heavy (non-hydrogen) atoms. The number of aliphatic carboxylic acids is 2. The summed E-state index contributed by atoms with van der Waals surface area (Å²) in [5.74, 6) is -4.02. The first-order valence-corrected chi connectivity index (χ1v) is 26.6. The third-order valence-corrected chi connectivity index (χ3v) is 14.1. The number of carbonyl (C=O) groups is 6. The molecule has 4 bridgehead atoms. The molecule has 0 unspecified atom stereocenters. The molecule has 0 radical (unpaired) electrons. The number of allylic oxidation sites excluding steroid dienone is 2. The molecule has 414 valence electrons. The number of hydrogen-bond donors (Lipinski definition) is 5. The van der Waals surface area contributed by atoms with Crippen LogP contribution < -0.4 is 16.4 Å². The van der Waals surface area contributed by atoms with E-state index in [9.17, 15) is 37.1 Å². The average molecular weight is 1070 g/mol. The molecule has 8 atom stereocenters. The average Bonchev–Trinajstić information content (AvgIpc) is 4.24. The van der Waals surface area contributed by atoms with Crippen molar-refractivity contribution in [3.63, 3.8) is 0 Å². The minimum Gasteiger partial charge on any atom is -0.478 e. The smallest absolute Gasteiger partial charge is 0.478 e. The van der Waals surface area contributed by atoms with Gasteiger partial charge in [-0.2, -0.15) is 13.2 Å². The number of halogens is 3. The van der Waals surface area contributed by atoms with Crippen molar-refractivity contribution in [1.82, 2.24) is 15.5 Å². The summed E-state index contributed by atoms with van der Waals surface area (Å²) in [5.41, 5.74) is 13.4. The van der Waals surface area contributed by atoms with Gasteiger partial charge in [0.15, 0.2) is 5.78 Å². The summed E-state index contributed by atoms with van der Waals surface area (Å²) in [7, 11) is 0. The van der Waals surface area contributed by atoms with Gasteiger partial charge in [-0.15, -0.1) is 0 Å². The summed E-state index contributed by atoms with van der Waals surface area (Å²) in [6.45, 7) is 9.01. The molecule has 0 saturated carbocycles. The van der Waals surface area contributed by atoms with Crippen molar-refractivity contribution in [3.8, 4) is 0 Å². The molecule has 13 nitrogen and oxygen atoms in total. The van der Waals surface area contributed by atoms with Crippen LogP contribution in [0.5, 0.6) is 0 Å². The molecular weight excluding hydrogens is 990 g/mol. The first-order valence-electron chi connectivity index (χ1n) is 26.6. The number of nitrogens with zero attached hydrogens (tertiary/aromatic N) is 1. The molecule has 4 aromatic carbocycles. The summed E-state index contributed by atoms with van der Waals surface area (Å²) in [6.07, 6.45) is 10.0. The molecule has 4 aliphatic heterocycles. The SMILES string of the molecule is CC[C@H](N)C(=O)C[C@H](/C=C/C(=O)N1[C@@H]2CC[C@H]1c1ccccc12)CCc1ccccc1.CC[C@H](NC(=O)OC(C)(C)C)C(=O)C[C@H](/C=C/C(=O)O)CCc1ccccc1.O=C(O)C(F)(F)F.c1ccc2c(c1)[C@@H]1CC[C@H]2N1. The summed E-state index contributed by atoms with van der Waals surface area (Å²) in [5, 5.41) is 22.3. The number of amides is 2. The lowest BCUT2D eigenvalue weighted by molar-refractivity contribution is -0.192. The first kappa shape index (κ1) is 60.9. The number of ketones is 2. The lowest BCUT2D eigenvalue weighted by Crippen LogP contribution is -2.43. The predicted octanol–water partition coefficient (Wildman–Crippen LogP) is 11.8. The Morgan fingerprint density at radius 2 is 1.09 bits per heavy atom.